The van der Waals surface area contributed by atoms with Crippen molar-refractivity contribution < 1.29 is 14.2 Å². The van der Waals surface area contributed by atoms with Crippen LogP contribution in [0.3, 0.4) is 0 Å². The van der Waals surface area contributed by atoms with E-state index in [1.54, 1.807) is 24.3 Å². The van der Waals surface area contributed by atoms with Crippen molar-refractivity contribution in [2.24, 2.45) is 0 Å². The minimum Gasteiger partial charge on any atom is -0.289 e. The van der Waals surface area contributed by atoms with E-state index in [1.165, 1.54) is 0 Å². The molecule has 0 aliphatic carbocycles. The summed E-state index contributed by atoms with van der Waals surface area (Å²) in [6, 6.07) is 31.4. The zero-order valence-corrected chi connectivity index (χ0v) is 19.9. The van der Waals surface area contributed by atoms with Crippen molar-refractivity contribution in [3.63, 3.8) is 0 Å². The van der Waals surface area contributed by atoms with Gasteiger partial charge in [-0.15, -0.1) is 0 Å². The number of carbonyl (C=O) groups excluding carboxylic acids is 2. The fourth-order valence-electron chi connectivity index (χ4n) is 3.65. The Bertz CT molecular complexity index is 1200. The van der Waals surface area contributed by atoms with E-state index in [-0.39, 0.29) is 11.3 Å². The SMILES string of the molecule is Cc1cc(C)c(C(=O)[P+](=O)c2ccccc2)c(C)c1.O=C(c1ccccc1)c1ccccc1. The highest BCUT2D eigenvalue weighted by molar-refractivity contribution is 7.71. The number of ketones is 1. The molecule has 33 heavy (non-hydrogen) atoms. The Morgan fingerprint density at radius 2 is 1.00 bits per heavy atom. The van der Waals surface area contributed by atoms with Gasteiger partial charge in [-0.2, -0.15) is 0 Å². The van der Waals surface area contributed by atoms with Gasteiger partial charge in [-0.25, -0.2) is 4.79 Å². The first-order valence-corrected chi connectivity index (χ1v) is 11.9. The van der Waals surface area contributed by atoms with Gasteiger partial charge in [0.1, 0.15) is 0 Å². The summed E-state index contributed by atoms with van der Waals surface area (Å²) >= 11 is 0. The molecule has 0 aliphatic rings. The van der Waals surface area contributed by atoms with Crippen LogP contribution in [0.5, 0.6) is 0 Å². The van der Waals surface area contributed by atoms with Crippen LogP contribution >= 0.6 is 7.80 Å². The van der Waals surface area contributed by atoms with Gasteiger partial charge in [-0.05, 0) is 44.0 Å². The van der Waals surface area contributed by atoms with E-state index in [4.69, 9.17) is 0 Å². The Hall–Kier alpha value is -3.68. The topological polar surface area (TPSA) is 51.2 Å². The minimum absolute atomic E-state index is 0.0752. The molecular weight excluding hydrogens is 427 g/mol. The summed E-state index contributed by atoms with van der Waals surface area (Å²) in [5, 5.41) is 0.585. The van der Waals surface area contributed by atoms with Crippen molar-refractivity contribution >= 4 is 24.4 Å². The van der Waals surface area contributed by atoms with E-state index in [0.717, 1.165) is 27.8 Å². The first-order valence-electron chi connectivity index (χ1n) is 10.7. The molecule has 0 radical (unpaired) electrons. The fourth-order valence-corrected chi connectivity index (χ4v) is 4.88. The normalized spacial score (nSPS) is 10.6. The van der Waals surface area contributed by atoms with Crippen molar-refractivity contribution in [3.8, 4) is 0 Å². The van der Waals surface area contributed by atoms with Crippen LogP contribution in [0.25, 0.3) is 0 Å². The van der Waals surface area contributed by atoms with Crippen molar-refractivity contribution in [2.75, 3.05) is 0 Å². The quantitative estimate of drug-likeness (QED) is 0.246. The lowest BCUT2D eigenvalue weighted by atomic mass is 10.0. The van der Waals surface area contributed by atoms with E-state index in [9.17, 15) is 14.2 Å². The molecule has 1 atom stereocenters. The molecule has 4 aromatic rings. The summed E-state index contributed by atoms with van der Waals surface area (Å²) < 4.78 is 12.3. The molecule has 0 saturated carbocycles. The van der Waals surface area contributed by atoms with Crippen LogP contribution in [0.2, 0.25) is 0 Å². The molecule has 4 aromatic carbocycles. The monoisotopic (exact) mass is 453 g/mol. The molecular formula is C29H26O3P+. The summed E-state index contributed by atoms with van der Waals surface area (Å²) in [7, 11) is -2.04. The molecule has 0 fully saturated rings. The van der Waals surface area contributed by atoms with E-state index < -0.39 is 7.80 Å². The van der Waals surface area contributed by atoms with E-state index in [2.05, 4.69) is 0 Å². The maximum Gasteiger partial charge on any atom is 0.458 e. The van der Waals surface area contributed by atoms with Crippen molar-refractivity contribution in [1.29, 1.82) is 0 Å². The van der Waals surface area contributed by atoms with Crippen LogP contribution in [0, 0.1) is 20.8 Å². The number of aryl methyl sites for hydroxylation is 3. The highest BCUT2D eigenvalue weighted by atomic mass is 31.1. The Kier molecular flexibility index (Phi) is 8.18. The van der Waals surface area contributed by atoms with Crippen LogP contribution in [0.15, 0.2) is 103 Å². The molecule has 0 saturated heterocycles. The summed E-state index contributed by atoms with van der Waals surface area (Å²) in [4.78, 5) is 24.3. The number of rotatable bonds is 5. The predicted molar refractivity (Wildman–Crippen MR) is 135 cm³/mol. The van der Waals surface area contributed by atoms with Gasteiger partial charge in [0.25, 0.3) is 0 Å². The molecule has 0 amide bonds. The van der Waals surface area contributed by atoms with Crippen LogP contribution in [-0.2, 0) is 4.57 Å². The molecule has 1 unspecified atom stereocenters. The van der Waals surface area contributed by atoms with Crippen LogP contribution in [-0.4, -0.2) is 11.3 Å². The molecule has 164 valence electrons. The van der Waals surface area contributed by atoms with Gasteiger partial charge in [0.2, 0.25) is 0 Å². The van der Waals surface area contributed by atoms with Crippen LogP contribution in [0.4, 0.5) is 0 Å². The number of hydrogen-bond donors (Lipinski definition) is 0. The van der Waals surface area contributed by atoms with E-state index >= 15 is 0 Å². The van der Waals surface area contributed by atoms with Gasteiger partial charge in [-0.1, -0.05) is 101 Å². The van der Waals surface area contributed by atoms with Gasteiger partial charge < -0.3 is 0 Å². The lowest BCUT2D eigenvalue weighted by Gasteiger charge is -2.05. The van der Waals surface area contributed by atoms with Gasteiger partial charge in [0.15, 0.2) is 11.1 Å². The standard InChI is InChI=1S/C16H16O2P.C13H10O/c1-11-9-12(2)15(13(3)10-11)16(17)19(18)14-7-5-4-6-8-14;14-13(11-7-3-1-4-8-11)12-9-5-2-6-10-12/h4-10H,1-3H3;1-10H/q+1;. The second kappa shape index (κ2) is 11.3. The Morgan fingerprint density at radius 3 is 1.42 bits per heavy atom. The van der Waals surface area contributed by atoms with Gasteiger partial charge in [0, 0.05) is 11.1 Å². The number of benzene rings is 4. The third kappa shape index (κ3) is 6.19. The van der Waals surface area contributed by atoms with Crippen LogP contribution in [0.1, 0.15) is 43.0 Å². The molecule has 0 spiro atoms. The molecule has 0 N–H and O–H groups in total. The highest BCUT2D eigenvalue weighted by Gasteiger charge is 2.34. The highest BCUT2D eigenvalue weighted by Crippen LogP contribution is 2.30. The first-order chi connectivity index (χ1) is 15.9. The molecule has 0 aromatic heterocycles. The van der Waals surface area contributed by atoms with Crippen molar-refractivity contribution in [1.82, 2.24) is 0 Å². The predicted octanol–water partition coefficient (Wildman–Crippen LogP) is 6.82. The first kappa shape index (κ1) is 24.0. The Labute approximate surface area is 195 Å². The maximum atomic E-state index is 12.4. The summed E-state index contributed by atoms with van der Waals surface area (Å²) in [6.07, 6.45) is 0. The summed E-state index contributed by atoms with van der Waals surface area (Å²) in [5.74, 6) is 0.0752. The molecule has 0 bridgehead atoms. The average molecular weight is 453 g/mol. The van der Waals surface area contributed by atoms with Gasteiger partial charge >= 0.3 is 13.3 Å². The van der Waals surface area contributed by atoms with Crippen molar-refractivity contribution in [2.45, 2.75) is 20.8 Å². The average Bonchev–Trinajstić information content (AvgIpc) is 2.84. The zero-order valence-electron chi connectivity index (χ0n) is 19.0. The molecule has 4 heteroatoms. The maximum absolute atomic E-state index is 12.4. The Balaban J connectivity index is 0.000000194. The van der Waals surface area contributed by atoms with Crippen molar-refractivity contribution in [3.05, 3.63) is 137 Å². The molecule has 0 heterocycles. The second-order valence-corrected chi connectivity index (χ2v) is 9.28. The van der Waals surface area contributed by atoms with E-state index in [1.807, 2.05) is 99.6 Å². The van der Waals surface area contributed by atoms with Gasteiger partial charge in [-0.3, -0.25) is 4.79 Å². The Morgan fingerprint density at radius 1 is 0.606 bits per heavy atom. The number of hydrogen-bond acceptors (Lipinski definition) is 3. The number of carbonyl (C=O) groups is 2. The summed E-state index contributed by atoms with van der Waals surface area (Å²) in [6.45, 7) is 5.77. The minimum atomic E-state index is -2.04. The zero-order chi connectivity index (χ0) is 23.8. The molecule has 0 aliphatic heterocycles. The van der Waals surface area contributed by atoms with E-state index in [0.29, 0.717) is 10.9 Å². The fraction of sp³-hybridized carbons (Fsp3) is 0.103. The second-order valence-electron chi connectivity index (χ2n) is 7.77. The third-order valence-corrected chi connectivity index (χ3v) is 6.50. The smallest absolute Gasteiger partial charge is 0.289 e. The largest absolute Gasteiger partial charge is 0.458 e. The lowest BCUT2D eigenvalue weighted by Crippen LogP contribution is -2.07. The lowest BCUT2D eigenvalue weighted by molar-refractivity contribution is 0.103. The molecule has 3 nitrogen and oxygen atoms in total. The van der Waals surface area contributed by atoms with Gasteiger partial charge in [0.05, 0.1) is 5.56 Å². The third-order valence-electron chi connectivity index (χ3n) is 5.14. The summed E-state index contributed by atoms with van der Waals surface area (Å²) in [5.41, 5.74) is 4.68. The molecule has 4 rings (SSSR count). The van der Waals surface area contributed by atoms with Crippen LogP contribution < -0.4 is 5.30 Å².